The van der Waals surface area contributed by atoms with Crippen LogP contribution in [0, 0.1) is 18.3 Å². The van der Waals surface area contributed by atoms with Crippen molar-refractivity contribution in [3.8, 4) is 6.07 Å². The second-order valence-electron chi connectivity index (χ2n) is 5.94. The van der Waals surface area contributed by atoms with Crippen molar-refractivity contribution in [2.24, 2.45) is 0 Å². The van der Waals surface area contributed by atoms with Crippen LogP contribution in [0.3, 0.4) is 0 Å². The Morgan fingerprint density at radius 2 is 2.14 bits per heavy atom. The first-order valence-corrected chi connectivity index (χ1v) is 11.1. The Balaban J connectivity index is 2.18. The van der Waals surface area contributed by atoms with Gasteiger partial charge in [0.2, 0.25) is 0 Å². The highest BCUT2D eigenvalue weighted by molar-refractivity contribution is 7.99. The van der Waals surface area contributed by atoms with Crippen molar-refractivity contribution in [2.45, 2.75) is 25.5 Å². The van der Waals surface area contributed by atoms with Gasteiger partial charge in [-0.25, -0.2) is 9.78 Å². The Labute approximate surface area is 185 Å². The van der Waals surface area contributed by atoms with Crippen molar-refractivity contribution in [3.05, 3.63) is 54.6 Å². The molecule has 0 unspecified atom stereocenters. The van der Waals surface area contributed by atoms with Crippen molar-refractivity contribution in [1.82, 2.24) is 9.55 Å². The van der Waals surface area contributed by atoms with Crippen LogP contribution in [0.15, 0.2) is 28.2 Å². The SMILES string of the molecule is CCOC(=O)c1sc2nc(SCC#N)n(Cc3ccc(Cl)c(Cl)c3)c(=O)c2c1C. The molecule has 3 rings (SSSR count). The number of nitrogens with zero attached hydrogens (tertiary/aromatic N) is 3. The molecule has 10 heteroatoms. The lowest BCUT2D eigenvalue weighted by atomic mass is 10.2. The van der Waals surface area contributed by atoms with Crippen molar-refractivity contribution in [3.63, 3.8) is 0 Å². The predicted molar refractivity (Wildman–Crippen MR) is 116 cm³/mol. The zero-order valence-corrected chi connectivity index (χ0v) is 18.6. The molecule has 0 saturated carbocycles. The molecular formula is C19H15Cl2N3O3S2. The summed E-state index contributed by atoms with van der Waals surface area (Å²) >= 11 is 14.4. The Morgan fingerprint density at radius 3 is 2.79 bits per heavy atom. The van der Waals surface area contributed by atoms with Crippen LogP contribution in [0.5, 0.6) is 0 Å². The highest BCUT2D eigenvalue weighted by Crippen LogP contribution is 2.30. The molecule has 0 N–H and O–H groups in total. The molecule has 0 saturated heterocycles. The number of aromatic nitrogens is 2. The van der Waals surface area contributed by atoms with Crippen LogP contribution < -0.4 is 5.56 Å². The molecule has 0 bridgehead atoms. The lowest BCUT2D eigenvalue weighted by Crippen LogP contribution is -2.24. The summed E-state index contributed by atoms with van der Waals surface area (Å²) in [6, 6.07) is 7.16. The molecule has 0 atom stereocenters. The van der Waals surface area contributed by atoms with E-state index in [1.54, 1.807) is 32.0 Å². The van der Waals surface area contributed by atoms with Crippen LogP contribution >= 0.6 is 46.3 Å². The van der Waals surface area contributed by atoms with Gasteiger partial charge in [-0.3, -0.25) is 9.36 Å². The number of ether oxygens (including phenoxy) is 1. The number of halogens is 2. The molecule has 6 nitrogen and oxygen atoms in total. The lowest BCUT2D eigenvalue weighted by Gasteiger charge is -2.12. The van der Waals surface area contributed by atoms with E-state index in [1.165, 1.54) is 4.57 Å². The van der Waals surface area contributed by atoms with Gasteiger partial charge in [0, 0.05) is 0 Å². The normalized spacial score (nSPS) is 10.9. The monoisotopic (exact) mass is 467 g/mol. The minimum atomic E-state index is -0.477. The maximum Gasteiger partial charge on any atom is 0.348 e. The van der Waals surface area contributed by atoms with Gasteiger partial charge in [-0.2, -0.15) is 5.26 Å². The number of benzene rings is 1. The fourth-order valence-electron chi connectivity index (χ4n) is 2.76. The molecule has 0 amide bonds. The topological polar surface area (TPSA) is 85.0 Å². The number of nitriles is 1. The number of rotatable bonds is 6. The molecule has 0 spiro atoms. The van der Waals surface area contributed by atoms with Gasteiger partial charge in [-0.05, 0) is 37.1 Å². The second kappa shape index (κ2) is 9.18. The van der Waals surface area contributed by atoms with Gasteiger partial charge in [0.15, 0.2) is 5.16 Å². The summed E-state index contributed by atoms with van der Waals surface area (Å²) < 4.78 is 6.57. The van der Waals surface area contributed by atoms with Crippen LogP contribution in [0.4, 0.5) is 0 Å². The molecule has 150 valence electrons. The standard InChI is InChI=1S/C19H15Cl2N3O3S2/c1-3-27-18(26)15-10(2)14-16(29-15)23-19(28-7-6-22)24(17(14)25)9-11-4-5-12(20)13(21)8-11/h4-5,8H,3,7,9H2,1-2H3. The first-order chi connectivity index (χ1) is 13.9. The molecule has 29 heavy (non-hydrogen) atoms. The Morgan fingerprint density at radius 1 is 1.38 bits per heavy atom. The van der Waals surface area contributed by atoms with Crippen LogP contribution in [0.25, 0.3) is 10.2 Å². The summed E-state index contributed by atoms with van der Waals surface area (Å²) in [6.45, 7) is 3.88. The molecule has 0 aliphatic rings. The third-order valence-corrected chi connectivity index (χ3v) is 6.81. The van der Waals surface area contributed by atoms with E-state index in [4.69, 9.17) is 33.2 Å². The molecule has 3 aromatic rings. The zero-order chi connectivity index (χ0) is 21.1. The molecule has 0 radical (unpaired) electrons. The minimum absolute atomic E-state index is 0.133. The zero-order valence-electron chi connectivity index (χ0n) is 15.5. The smallest absolute Gasteiger partial charge is 0.348 e. The fourth-order valence-corrected chi connectivity index (χ4v) is 4.85. The largest absolute Gasteiger partial charge is 0.462 e. The quantitative estimate of drug-likeness (QED) is 0.290. The summed E-state index contributed by atoms with van der Waals surface area (Å²) in [5.74, 6) is -0.344. The van der Waals surface area contributed by atoms with Crippen LogP contribution in [-0.2, 0) is 11.3 Å². The van der Waals surface area contributed by atoms with Gasteiger partial charge >= 0.3 is 5.97 Å². The van der Waals surface area contributed by atoms with E-state index < -0.39 is 5.97 Å². The number of thioether (sulfide) groups is 1. The van der Waals surface area contributed by atoms with E-state index in [0.29, 0.717) is 35.9 Å². The summed E-state index contributed by atoms with van der Waals surface area (Å²) in [7, 11) is 0. The summed E-state index contributed by atoms with van der Waals surface area (Å²) in [6.07, 6.45) is 0. The number of carbonyl (C=O) groups excluding carboxylic acids is 1. The molecule has 2 heterocycles. The molecule has 0 aliphatic heterocycles. The van der Waals surface area contributed by atoms with Crippen LogP contribution in [-0.4, -0.2) is 27.9 Å². The average Bonchev–Trinajstić information content (AvgIpc) is 3.02. The number of esters is 1. The van der Waals surface area contributed by atoms with Crippen LogP contribution in [0.2, 0.25) is 10.0 Å². The third kappa shape index (κ3) is 4.43. The summed E-state index contributed by atoms with van der Waals surface area (Å²) in [5, 5.41) is 10.5. The first kappa shape index (κ1) is 21.7. The molecule has 2 aromatic heterocycles. The van der Waals surface area contributed by atoms with E-state index in [2.05, 4.69) is 4.98 Å². The number of hydrogen-bond donors (Lipinski definition) is 0. The number of thiophene rings is 1. The maximum absolute atomic E-state index is 13.3. The number of aryl methyl sites for hydroxylation is 1. The number of fused-ring (bicyclic) bond motifs is 1. The molecular weight excluding hydrogens is 453 g/mol. The van der Waals surface area contributed by atoms with Crippen LogP contribution in [0.1, 0.15) is 27.7 Å². The third-order valence-electron chi connectivity index (χ3n) is 4.07. The fraction of sp³-hybridized carbons (Fsp3) is 0.263. The minimum Gasteiger partial charge on any atom is -0.462 e. The summed E-state index contributed by atoms with van der Waals surface area (Å²) in [4.78, 5) is 30.9. The van der Waals surface area contributed by atoms with E-state index in [9.17, 15) is 9.59 Å². The highest BCUT2D eigenvalue weighted by Gasteiger charge is 2.22. The van der Waals surface area contributed by atoms with Crippen molar-refractivity contribution in [2.75, 3.05) is 12.4 Å². The Hall–Kier alpha value is -2.05. The maximum atomic E-state index is 13.3. The molecule has 0 fully saturated rings. The number of hydrogen-bond acceptors (Lipinski definition) is 7. The van der Waals surface area contributed by atoms with E-state index in [0.717, 1.165) is 28.7 Å². The average molecular weight is 468 g/mol. The van der Waals surface area contributed by atoms with Crippen molar-refractivity contribution >= 4 is 62.5 Å². The van der Waals surface area contributed by atoms with E-state index >= 15 is 0 Å². The molecule has 1 aromatic carbocycles. The van der Waals surface area contributed by atoms with Gasteiger partial charge < -0.3 is 4.74 Å². The lowest BCUT2D eigenvalue weighted by molar-refractivity contribution is 0.0531. The van der Waals surface area contributed by atoms with Crippen molar-refractivity contribution < 1.29 is 9.53 Å². The highest BCUT2D eigenvalue weighted by atomic mass is 35.5. The first-order valence-electron chi connectivity index (χ1n) is 8.52. The van der Waals surface area contributed by atoms with E-state index in [-0.39, 0.29) is 24.5 Å². The predicted octanol–water partition coefficient (Wildman–Crippen LogP) is 4.91. The summed E-state index contributed by atoms with van der Waals surface area (Å²) in [5.41, 5.74) is 1.02. The second-order valence-corrected chi connectivity index (χ2v) is 8.69. The van der Waals surface area contributed by atoms with Gasteiger partial charge in [-0.1, -0.05) is 41.0 Å². The van der Waals surface area contributed by atoms with E-state index in [1.807, 2.05) is 6.07 Å². The Bertz CT molecular complexity index is 1200. The van der Waals surface area contributed by atoms with Crippen molar-refractivity contribution in [1.29, 1.82) is 5.26 Å². The van der Waals surface area contributed by atoms with Gasteiger partial charge in [0.1, 0.15) is 9.71 Å². The Kier molecular flexibility index (Phi) is 6.85. The van der Waals surface area contributed by atoms with Gasteiger partial charge in [0.25, 0.3) is 5.56 Å². The molecule has 0 aliphatic carbocycles. The van der Waals surface area contributed by atoms with Gasteiger partial charge in [-0.15, -0.1) is 11.3 Å². The number of carbonyl (C=O) groups is 1. The van der Waals surface area contributed by atoms with Gasteiger partial charge in [0.05, 0.1) is 40.4 Å².